The number of alkyl carbamates (subject to hydrolysis) is 1. The van der Waals surface area contributed by atoms with Gasteiger partial charge in [0, 0.05) is 24.5 Å². The summed E-state index contributed by atoms with van der Waals surface area (Å²) in [6.07, 6.45) is 12.9. The molecule has 52 heavy (non-hydrogen) atoms. The number of amides is 1. The zero-order chi connectivity index (χ0) is 40.9. The van der Waals surface area contributed by atoms with Gasteiger partial charge in [-0.2, -0.15) is 0 Å². The highest BCUT2D eigenvalue weighted by molar-refractivity contribution is 9.09. The molecule has 1 amide bonds. The molecule has 0 heterocycles. The van der Waals surface area contributed by atoms with Gasteiger partial charge in [0.25, 0.3) is 0 Å². The topological polar surface area (TPSA) is 139 Å². The van der Waals surface area contributed by atoms with Gasteiger partial charge in [0.2, 0.25) is 0 Å². The predicted molar refractivity (Wildman–Crippen MR) is 225 cm³/mol. The number of carbonyl (C=O) groups excluding carboxylic acids is 1. The number of carboxylic acid groups (broad SMARTS) is 2. The molecule has 0 aliphatic heterocycles. The average Bonchev–Trinajstić information content (AvgIpc) is 3.89. The molecule has 8 nitrogen and oxygen atoms in total. The molecular weight excluding hydrogens is 736 g/mol. The number of halogens is 1. The van der Waals surface area contributed by atoms with Crippen LogP contribution in [-0.4, -0.2) is 59.3 Å². The number of carboxylic acids is 2. The van der Waals surface area contributed by atoms with Crippen LogP contribution < -0.4 is 11.1 Å². The third-order valence-electron chi connectivity index (χ3n) is 12.4. The van der Waals surface area contributed by atoms with Crippen LogP contribution in [0, 0.1) is 45.8 Å². The molecule has 5 rings (SSSR count). The van der Waals surface area contributed by atoms with E-state index in [0.29, 0.717) is 24.4 Å². The van der Waals surface area contributed by atoms with Gasteiger partial charge in [-0.05, 0) is 101 Å². The molecule has 0 aromatic carbocycles. The maximum absolute atomic E-state index is 11.5. The summed E-state index contributed by atoms with van der Waals surface area (Å²) < 4.78 is 5.21. The molecule has 306 valence electrons. The van der Waals surface area contributed by atoms with Gasteiger partial charge >= 0.3 is 18.0 Å². The second-order valence-corrected chi connectivity index (χ2v) is 25.2. The summed E-state index contributed by atoms with van der Waals surface area (Å²) in [5.41, 5.74) is 5.93. The van der Waals surface area contributed by atoms with Crippen LogP contribution in [0.1, 0.15) is 140 Å². The minimum atomic E-state index is -1.09. The van der Waals surface area contributed by atoms with Crippen LogP contribution >= 0.6 is 15.9 Å². The van der Waals surface area contributed by atoms with Crippen LogP contribution in [0.3, 0.4) is 0 Å². The van der Waals surface area contributed by atoms with E-state index < -0.39 is 20.0 Å². The zero-order valence-electron chi connectivity index (χ0n) is 35.8. The SMILES string of the molecule is C=CCBr.CCC1CC1(C)C.CCC1CC1(C)C(=O)O.CCC1CC1(C)C(=O)O.CCC1CC1(C)N.CCC1CC1(C)NC(=O)OCC[Si](C)(C)C. The largest absolute Gasteiger partial charge is 0.481 e. The van der Waals surface area contributed by atoms with Gasteiger partial charge in [0.15, 0.2) is 0 Å². The summed E-state index contributed by atoms with van der Waals surface area (Å²) in [6.45, 7) is 34.1. The number of rotatable bonds is 12. The van der Waals surface area contributed by atoms with Gasteiger partial charge in [-0.15, -0.1) is 6.58 Å². The first-order valence-electron chi connectivity index (χ1n) is 20.1. The molecule has 0 spiro atoms. The van der Waals surface area contributed by atoms with Crippen molar-refractivity contribution in [3.05, 3.63) is 12.7 Å². The molecule has 5 N–H and O–H groups in total. The molecule has 0 saturated heterocycles. The maximum atomic E-state index is 11.5. The Hall–Kier alpha value is -1.39. The summed E-state index contributed by atoms with van der Waals surface area (Å²) in [5, 5.41) is 21.1. The van der Waals surface area contributed by atoms with Crippen LogP contribution in [-0.2, 0) is 14.3 Å². The lowest BCUT2D eigenvalue weighted by Gasteiger charge is -2.17. The van der Waals surface area contributed by atoms with E-state index in [0.717, 1.165) is 67.1 Å². The summed E-state index contributed by atoms with van der Waals surface area (Å²) in [6, 6.07) is 1.04. The quantitative estimate of drug-likeness (QED) is 0.0873. The van der Waals surface area contributed by atoms with Crippen LogP contribution in [0.25, 0.3) is 0 Å². The van der Waals surface area contributed by atoms with Crippen molar-refractivity contribution in [2.75, 3.05) is 11.9 Å². The monoisotopic (exact) mass is 817 g/mol. The molecule has 5 aliphatic carbocycles. The molecular formula is C42H81BrN2O6Si. The number of hydrogen-bond acceptors (Lipinski definition) is 5. The smallest absolute Gasteiger partial charge is 0.407 e. The number of allylic oxidation sites excluding steroid dienone is 1. The Morgan fingerprint density at radius 2 is 1.12 bits per heavy atom. The van der Waals surface area contributed by atoms with Gasteiger partial charge in [0.1, 0.15) is 0 Å². The second kappa shape index (κ2) is 21.1. The molecule has 5 saturated carbocycles. The standard InChI is InChI=1S/C12H25NO2Si.2C7H12O2.C7H14.C6H13N.C3H5Br/c1-6-10-9-12(10,2)13-11(14)15-7-8-16(3,4)5;2*1-3-5-4-7(5,2)6(8)9;1-4-6-5-7(6,2)3;1-3-5-4-6(5,2)7;1-2-3-4/h10H,6-9H2,1-5H3,(H,13,14);2*5H,3-4H2,1-2H3,(H,8,9);6H,4-5H2,1-3H3;5H,3-4,7H2,1-2H3;2H,1,3H2. The zero-order valence-corrected chi connectivity index (χ0v) is 38.4. The third-order valence-corrected chi connectivity index (χ3v) is 14.6. The number of aliphatic carboxylic acids is 2. The number of ether oxygens (including phenoxy) is 1. The molecule has 0 radical (unpaired) electrons. The van der Waals surface area contributed by atoms with E-state index in [-0.39, 0.29) is 28.0 Å². The fourth-order valence-electron chi connectivity index (χ4n) is 6.90. The Balaban J connectivity index is 0.000000631. The first kappa shape index (κ1) is 50.6. The molecule has 9 unspecified atom stereocenters. The molecule has 10 heteroatoms. The second-order valence-electron chi connectivity index (χ2n) is 18.9. The molecule has 0 aromatic heterocycles. The lowest BCUT2D eigenvalue weighted by Crippen LogP contribution is -2.37. The van der Waals surface area contributed by atoms with Gasteiger partial charge in [0.05, 0.1) is 17.4 Å². The Kier molecular flexibility index (Phi) is 20.5. The van der Waals surface area contributed by atoms with Crippen molar-refractivity contribution in [3.8, 4) is 0 Å². The summed E-state index contributed by atoms with van der Waals surface area (Å²) in [7, 11) is -1.09. The van der Waals surface area contributed by atoms with E-state index in [1.165, 1.54) is 25.7 Å². The van der Waals surface area contributed by atoms with E-state index in [9.17, 15) is 14.4 Å². The van der Waals surface area contributed by atoms with Crippen molar-refractivity contribution in [1.82, 2.24) is 5.32 Å². The molecule has 0 bridgehead atoms. The van der Waals surface area contributed by atoms with Crippen molar-refractivity contribution >= 4 is 42.0 Å². The maximum Gasteiger partial charge on any atom is 0.407 e. The normalized spacial score (nSPS) is 34.7. The average molecular weight is 818 g/mol. The number of hydrogen-bond donors (Lipinski definition) is 4. The number of nitrogens with two attached hydrogens (primary N) is 1. The highest BCUT2D eigenvalue weighted by Gasteiger charge is 2.55. The first-order valence-corrected chi connectivity index (χ1v) is 24.9. The number of alkyl halides is 1. The molecule has 0 aromatic rings. The van der Waals surface area contributed by atoms with Gasteiger partial charge in [-0.3, -0.25) is 9.59 Å². The van der Waals surface area contributed by atoms with E-state index in [4.69, 9.17) is 20.7 Å². The van der Waals surface area contributed by atoms with Gasteiger partial charge in [-0.1, -0.05) is 122 Å². The number of nitrogens with one attached hydrogen (secondary N) is 1. The minimum Gasteiger partial charge on any atom is -0.481 e. The lowest BCUT2D eigenvalue weighted by atomic mass is 10.1. The fraction of sp³-hybridized carbons (Fsp3) is 0.881. The van der Waals surface area contributed by atoms with Crippen molar-refractivity contribution in [2.45, 2.75) is 177 Å². The van der Waals surface area contributed by atoms with E-state index in [1.807, 2.05) is 27.7 Å². The van der Waals surface area contributed by atoms with Crippen molar-refractivity contribution in [1.29, 1.82) is 0 Å². The molecule has 9 atom stereocenters. The molecule has 5 aliphatic rings. The minimum absolute atomic E-state index is 0.00495. The summed E-state index contributed by atoms with van der Waals surface area (Å²) in [4.78, 5) is 32.4. The third kappa shape index (κ3) is 17.8. The van der Waals surface area contributed by atoms with Gasteiger partial charge < -0.3 is 26.0 Å². The summed E-state index contributed by atoms with van der Waals surface area (Å²) >= 11 is 3.13. The van der Waals surface area contributed by atoms with Gasteiger partial charge in [-0.25, -0.2) is 4.79 Å². The predicted octanol–water partition coefficient (Wildman–Crippen LogP) is 11.4. The highest BCUT2D eigenvalue weighted by atomic mass is 79.9. The van der Waals surface area contributed by atoms with Crippen LogP contribution in [0.4, 0.5) is 4.79 Å². The van der Waals surface area contributed by atoms with Crippen LogP contribution in [0.15, 0.2) is 12.7 Å². The summed E-state index contributed by atoms with van der Waals surface area (Å²) in [5.74, 6) is 2.13. The van der Waals surface area contributed by atoms with E-state index in [1.54, 1.807) is 6.08 Å². The Labute approximate surface area is 328 Å². The van der Waals surface area contributed by atoms with Crippen molar-refractivity contribution in [3.63, 3.8) is 0 Å². The van der Waals surface area contributed by atoms with E-state index in [2.05, 4.69) is 95.9 Å². The van der Waals surface area contributed by atoms with Crippen molar-refractivity contribution in [2.24, 2.45) is 51.6 Å². The first-order chi connectivity index (χ1) is 23.7. The van der Waals surface area contributed by atoms with Crippen LogP contribution in [0.5, 0.6) is 0 Å². The Bertz CT molecular complexity index is 1090. The molecule has 5 fully saturated rings. The van der Waals surface area contributed by atoms with E-state index >= 15 is 0 Å². The Morgan fingerprint density at radius 3 is 1.27 bits per heavy atom. The van der Waals surface area contributed by atoms with Crippen molar-refractivity contribution < 1.29 is 29.3 Å². The number of carbonyl (C=O) groups is 3. The lowest BCUT2D eigenvalue weighted by molar-refractivity contribution is -0.144. The van der Waals surface area contributed by atoms with Crippen LogP contribution in [0.2, 0.25) is 25.7 Å². The fourth-order valence-corrected chi connectivity index (χ4v) is 7.61. The highest BCUT2D eigenvalue weighted by Crippen LogP contribution is 2.55. The Morgan fingerprint density at radius 1 is 0.750 bits per heavy atom.